The largest absolute Gasteiger partial charge is 0.475 e. The summed E-state index contributed by atoms with van der Waals surface area (Å²) in [6.07, 6.45) is 5.32. The highest BCUT2D eigenvalue weighted by atomic mass is 16.5. The van der Waals surface area contributed by atoms with Gasteiger partial charge >= 0.3 is 0 Å². The van der Waals surface area contributed by atoms with Crippen LogP contribution in [0.1, 0.15) is 50.7 Å². The molecular weight excluding hydrogens is 294 g/mol. The molecular formula is C22H29NO. The summed E-state index contributed by atoms with van der Waals surface area (Å²) in [5.74, 6) is 1.59. The summed E-state index contributed by atoms with van der Waals surface area (Å²) in [5.41, 5.74) is 2.63. The van der Waals surface area contributed by atoms with E-state index in [9.17, 15) is 0 Å². The Morgan fingerprint density at radius 3 is 2.08 bits per heavy atom. The monoisotopic (exact) mass is 323 g/mol. The predicted molar refractivity (Wildman–Crippen MR) is 100 cm³/mol. The Balaban J connectivity index is 1.73. The molecule has 0 spiro atoms. The third-order valence-corrected chi connectivity index (χ3v) is 5.45. The Labute approximate surface area is 146 Å². The van der Waals surface area contributed by atoms with Gasteiger partial charge < -0.3 is 4.74 Å². The maximum atomic E-state index is 6.21. The van der Waals surface area contributed by atoms with Crippen LogP contribution < -0.4 is 10.1 Å². The van der Waals surface area contributed by atoms with E-state index in [0.29, 0.717) is 5.92 Å². The van der Waals surface area contributed by atoms with Crippen molar-refractivity contribution in [3.05, 3.63) is 65.7 Å². The second-order valence-corrected chi connectivity index (χ2v) is 7.39. The summed E-state index contributed by atoms with van der Waals surface area (Å²) in [4.78, 5) is 0. The van der Waals surface area contributed by atoms with Gasteiger partial charge in [0.25, 0.3) is 0 Å². The summed E-state index contributed by atoms with van der Waals surface area (Å²) < 4.78 is 6.21. The minimum atomic E-state index is -0.00630. The van der Waals surface area contributed by atoms with E-state index in [4.69, 9.17) is 4.74 Å². The average molecular weight is 323 g/mol. The third-order valence-electron chi connectivity index (χ3n) is 5.45. The first-order valence-corrected chi connectivity index (χ1v) is 9.11. The Morgan fingerprint density at radius 2 is 1.50 bits per heavy atom. The van der Waals surface area contributed by atoms with Crippen LogP contribution in [0.2, 0.25) is 0 Å². The number of nitrogens with one attached hydrogen (secondary N) is 1. The van der Waals surface area contributed by atoms with Crippen LogP contribution in [-0.2, 0) is 5.41 Å². The lowest BCUT2D eigenvalue weighted by Crippen LogP contribution is -2.37. The van der Waals surface area contributed by atoms with Gasteiger partial charge in [0.15, 0.2) is 6.23 Å². The summed E-state index contributed by atoms with van der Waals surface area (Å²) in [6.45, 7) is 4.54. The van der Waals surface area contributed by atoms with E-state index in [2.05, 4.69) is 73.8 Å². The van der Waals surface area contributed by atoms with Crippen LogP contribution in [0.3, 0.4) is 0 Å². The van der Waals surface area contributed by atoms with Crippen molar-refractivity contribution >= 4 is 0 Å². The molecule has 24 heavy (non-hydrogen) atoms. The Bertz CT molecular complexity index is 627. The van der Waals surface area contributed by atoms with Crippen molar-refractivity contribution in [2.45, 2.75) is 51.2 Å². The van der Waals surface area contributed by atoms with Crippen LogP contribution in [-0.4, -0.2) is 13.3 Å². The molecule has 2 heteroatoms. The fourth-order valence-electron chi connectivity index (χ4n) is 3.77. The lowest BCUT2D eigenvalue weighted by molar-refractivity contribution is 0.110. The minimum Gasteiger partial charge on any atom is -0.475 e. The van der Waals surface area contributed by atoms with Crippen molar-refractivity contribution in [2.24, 2.45) is 5.92 Å². The fourth-order valence-corrected chi connectivity index (χ4v) is 3.77. The van der Waals surface area contributed by atoms with Gasteiger partial charge in [-0.25, -0.2) is 0 Å². The molecule has 0 aromatic heterocycles. The van der Waals surface area contributed by atoms with Gasteiger partial charge in [0.2, 0.25) is 0 Å². The molecule has 3 rings (SSSR count). The maximum Gasteiger partial charge on any atom is 0.152 e. The van der Waals surface area contributed by atoms with Crippen LogP contribution in [0.4, 0.5) is 0 Å². The zero-order chi connectivity index (χ0) is 17.0. The molecule has 0 amide bonds. The highest BCUT2D eigenvalue weighted by molar-refractivity contribution is 5.39. The normalized spacial score (nSPS) is 17.0. The summed E-state index contributed by atoms with van der Waals surface area (Å²) >= 11 is 0. The first-order valence-electron chi connectivity index (χ1n) is 9.11. The van der Waals surface area contributed by atoms with Gasteiger partial charge in [-0.1, -0.05) is 69.2 Å². The number of hydrogen-bond acceptors (Lipinski definition) is 2. The molecule has 2 nitrogen and oxygen atoms in total. The van der Waals surface area contributed by atoms with Gasteiger partial charge in [0.05, 0.1) is 0 Å². The average Bonchev–Trinajstić information content (AvgIpc) is 3.15. The van der Waals surface area contributed by atoms with E-state index in [1.807, 2.05) is 7.05 Å². The SMILES string of the molecule is CNC(Oc1ccc(C(C)(C)c2ccccc2)cc1)C1CCCC1. The van der Waals surface area contributed by atoms with Crippen molar-refractivity contribution in [2.75, 3.05) is 7.05 Å². The van der Waals surface area contributed by atoms with Gasteiger partial charge in [-0.3, -0.25) is 5.32 Å². The Hall–Kier alpha value is -1.80. The van der Waals surface area contributed by atoms with E-state index in [0.717, 1.165) is 5.75 Å². The van der Waals surface area contributed by atoms with E-state index in [1.165, 1.54) is 36.8 Å². The van der Waals surface area contributed by atoms with Gasteiger partial charge in [-0.2, -0.15) is 0 Å². The molecule has 0 saturated heterocycles. The Morgan fingerprint density at radius 1 is 0.917 bits per heavy atom. The molecule has 1 fully saturated rings. The standard InChI is InChI=1S/C22H29NO/c1-22(2,18-11-5-4-6-12-18)19-13-15-20(16-14-19)24-21(23-3)17-9-7-8-10-17/h4-6,11-17,21,23H,7-10H2,1-3H3. The van der Waals surface area contributed by atoms with Crippen molar-refractivity contribution in [1.82, 2.24) is 5.32 Å². The molecule has 1 aliphatic rings. The molecule has 1 atom stereocenters. The highest BCUT2D eigenvalue weighted by Gasteiger charge is 2.26. The number of rotatable bonds is 6. The molecule has 128 valence electrons. The molecule has 1 aliphatic carbocycles. The van der Waals surface area contributed by atoms with Gasteiger partial charge in [0.1, 0.15) is 5.75 Å². The topological polar surface area (TPSA) is 21.3 Å². The zero-order valence-corrected chi connectivity index (χ0v) is 15.1. The van der Waals surface area contributed by atoms with Crippen LogP contribution in [0, 0.1) is 5.92 Å². The lowest BCUT2D eigenvalue weighted by atomic mass is 9.78. The quantitative estimate of drug-likeness (QED) is 0.744. The smallest absolute Gasteiger partial charge is 0.152 e. The number of hydrogen-bond donors (Lipinski definition) is 1. The fraction of sp³-hybridized carbons (Fsp3) is 0.455. The van der Waals surface area contributed by atoms with Gasteiger partial charge in [-0.05, 0) is 43.1 Å². The maximum absolute atomic E-state index is 6.21. The van der Waals surface area contributed by atoms with E-state index in [1.54, 1.807) is 0 Å². The number of ether oxygens (including phenoxy) is 1. The van der Waals surface area contributed by atoms with E-state index in [-0.39, 0.29) is 11.6 Å². The zero-order valence-electron chi connectivity index (χ0n) is 15.1. The highest BCUT2D eigenvalue weighted by Crippen LogP contribution is 2.33. The van der Waals surface area contributed by atoms with Crippen molar-refractivity contribution in [3.63, 3.8) is 0 Å². The predicted octanol–water partition coefficient (Wildman–Crippen LogP) is 5.13. The lowest BCUT2D eigenvalue weighted by Gasteiger charge is -2.27. The first kappa shape index (κ1) is 17.0. The van der Waals surface area contributed by atoms with Crippen molar-refractivity contribution in [3.8, 4) is 5.75 Å². The van der Waals surface area contributed by atoms with Crippen molar-refractivity contribution in [1.29, 1.82) is 0 Å². The molecule has 0 radical (unpaired) electrons. The molecule has 0 bridgehead atoms. The first-order chi connectivity index (χ1) is 11.6. The van der Waals surface area contributed by atoms with E-state index >= 15 is 0 Å². The third kappa shape index (κ3) is 3.64. The molecule has 0 aliphatic heterocycles. The molecule has 2 aromatic rings. The Kier molecular flexibility index (Phi) is 5.25. The van der Waals surface area contributed by atoms with Gasteiger partial charge in [-0.15, -0.1) is 0 Å². The van der Waals surface area contributed by atoms with E-state index < -0.39 is 0 Å². The second-order valence-electron chi connectivity index (χ2n) is 7.39. The van der Waals surface area contributed by atoms with Gasteiger partial charge in [0, 0.05) is 11.3 Å². The molecule has 2 aromatic carbocycles. The van der Waals surface area contributed by atoms with Crippen molar-refractivity contribution < 1.29 is 4.74 Å². The van der Waals surface area contributed by atoms with Crippen LogP contribution >= 0.6 is 0 Å². The van der Waals surface area contributed by atoms with Crippen LogP contribution in [0.15, 0.2) is 54.6 Å². The van der Waals surface area contributed by atoms with Crippen LogP contribution in [0.25, 0.3) is 0 Å². The number of benzene rings is 2. The van der Waals surface area contributed by atoms with Crippen LogP contribution in [0.5, 0.6) is 5.75 Å². The summed E-state index contributed by atoms with van der Waals surface area (Å²) in [7, 11) is 2.00. The second kappa shape index (κ2) is 7.40. The molecule has 1 N–H and O–H groups in total. The molecule has 0 heterocycles. The minimum absolute atomic E-state index is 0.00630. The molecule has 1 unspecified atom stereocenters. The summed E-state index contributed by atoms with van der Waals surface area (Å²) in [6, 6.07) is 19.3. The molecule has 1 saturated carbocycles. The summed E-state index contributed by atoms with van der Waals surface area (Å²) in [5, 5.41) is 3.34.